The third-order valence-electron chi connectivity index (χ3n) is 4.74. The van der Waals surface area contributed by atoms with E-state index in [4.69, 9.17) is 9.47 Å². The fraction of sp³-hybridized carbons (Fsp3) is 0.476. The molecule has 1 aliphatic heterocycles. The van der Waals surface area contributed by atoms with Crippen molar-refractivity contribution in [2.45, 2.75) is 52.6 Å². The summed E-state index contributed by atoms with van der Waals surface area (Å²) in [5.74, 6) is 0.314. The Morgan fingerprint density at radius 3 is 2.65 bits per heavy atom. The van der Waals surface area contributed by atoms with Gasteiger partial charge in [0.1, 0.15) is 17.9 Å². The number of esters is 1. The summed E-state index contributed by atoms with van der Waals surface area (Å²) in [7, 11) is -1.25. The monoisotopic (exact) mass is 374 g/mol. The number of aliphatic hydroxyl groups excluding tert-OH is 1. The van der Waals surface area contributed by atoms with Crippen LogP contribution in [0.2, 0.25) is 25.7 Å². The molecule has 1 aromatic carbocycles. The molecule has 2 rings (SSSR count). The van der Waals surface area contributed by atoms with Gasteiger partial charge in [-0.25, -0.2) is 4.79 Å². The van der Waals surface area contributed by atoms with Crippen molar-refractivity contribution in [1.29, 1.82) is 0 Å². The fourth-order valence-corrected chi connectivity index (χ4v) is 3.75. The molecule has 0 spiro atoms. The Morgan fingerprint density at radius 2 is 2.08 bits per heavy atom. The summed E-state index contributed by atoms with van der Waals surface area (Å²) in [5.41, 5.74) is 5.30. The zero-order valence-corrected chi connectivity index (χ0v) is 17.6. The summed E-state index contributed by atoms with van der Waals surface area (Å²) < 4.78 is 11.5. The van der Waals surface area contributed by atoms with Crippen molar-refractivity contribution in [2.75, 3.05) is 13.2 Å². The molecule has 1 N–H and O–H groups in total. The average Bonchev–Trinajstić information content (AvgIpc) is 2.96. The molecular formula is C21H30O4Si. The van der Waals surface area contributed by atoms with Crippen LogP contribution in [0.3, 0.4) is 0 Å². The maximum absolute atomic E-state index is 12.4. The number of carbonyl (C=O) groups is 1. The predicted octanol–water partition coefficient (Wildman–Crippen LogP) is 4.51. The average molecular weight is 375 g/mol. The Bertz CT molecular complexity index is 742. The van der Waals surface area contributed by atoms with Gasteiger partial charge in [-0.2, -0.15) is 0 Å². The maximum atomic E-state index is 12.4. The molecule has 1 heterocycles. The zero-order chi connectivity index (χ0) is 19.5. The molecule has 0 aromatic heterocycles. The topological polar surface area (TPSA) is 55.8 Å². The second-order valence-corrected chi connectivity index (χ2v) is 13.7. The van der Waals surface area contributed by atoms with Gasteiger partial charge in [-0.3, -0.25) is 0 Å². The Hall–Kier alpha value is -1.85. The lowest BCUT2D eigenvalue weighted by molar-refractivity contribution is 0.0532. The molecule has 5 heteroatoms. The quantitative estimate of drug-likeness (QED) is 0.413. The van der Waals surface area contributed by atoms with E-state index < -0.39 is 8.07 Å². The molecule has 0 radical (unpaired) electrons. The van der Waals surface area contributed by atoms with Crippen molar-refractivity contribution in [3.63, 3.8) is 0 Å². The van der Waals surface area contributed by atoms with Gasteiger partial charge < -0.3 is 14.6 Å². The summed E-state index contributed by atoms with van der Waals surface area (Å²) in [6.45, 7) is 15.6. The van der Waals surface area contributed by atoms with Crippen LogP contribution in [-0.2, 0) is 17.8 Å². The fourth-order valence-electron chi connectivity index (χ4n) is 3.03. The first kappa shape index (κ1) is 20.5. The molecule has 4 nitrogen and oxygen atoms in total. The van der Waals surface area contributed by atoms with E-state index in [9.17, 15) is 9.90 Å². The molecule has 1 aromatic rings. The standard InChI is InChI=1S/C21H30O4Si/c1-7-16-15(3)18-13-25-21(23)19(18)20(24-10-11-26(4,5)6)17(16)9-8-14(2)12-22/h7-8,22H,1,9-13H2,2-6H3. The predicted molar refractivity (Wildman–Crippen MR) is 109 cm³/mol. The number of hydrogen-bond donors (Lipinski definition) is 1. The molecule has 0 saturated carbocycles. The van der Waals surface area contributed by atoms with Gasteiger partial charge in [-0.15, -0.1) is 0 Å². The number of carbonyl (C=O) groups excluding carboxylic acids is 1. The van der Waals surface area contributed by atoms with E-state index in [1.807, 2.05) is 26.0 Å². The van der Waals surface area contributed by atoms with Crippen LogP contribution in [0.5, 0.6) is 5.75 Å². The minimum atomic E-state index is -1.25. The zero-order valence-electron chi connectivity index (χ0n) is 16.6. The second kappa shape index (κ2) is 8.23. The lowest BCUT2D eigenvalue weighted by Gasteiger charge is -2.21. The van der Waals surface area contributed by atoms with E-state index >= 15 is 0 Å². The SMILES string of the molecule is C=Cc1c(C)c2c(c(OCC[Si](C)(C)C)c1CC=C(C)CO)C(=O)OC2. The Morgan fingerprint density at radius 1 is 1.38 bits per heavy atom. The molecule has 0 amide bonds. The number of cyclic esters (lactones) is 1. The highest BCUT2D eigenvalue weighted by molar-refractivity contribution is 6.76. The summed E-state index contributed by atoms with van der Waals surface area (Å²) in [4.78, 5) is 12.4. The first-order valence-corrected chi connectivity index (χ1v) is 12.8. The Labute approximate surface area is 157 Å². The van der Waals surface area contributed by atoms with Crippen molar-refractivity contribution in [1.82, 2.24) is 0 Å². The number of fused-ring (bicyclic) bond motifs is 1. The summed E-state index contributed by atoms with van der Waals surface area (Å²) in [6, 6.07) is 1.01. The van der Waals surface area contributed by atoms with E-state index in [0.29, 0.717) is 24.3 Å². The van der Waals surface area contributed by atoms with Crippen molar-refractivity contribution < 1.29 is 19.4 Å². The highest BCUT2D eigenvalue weighted by Gasteiger charge is 2.32. The normalized spacial score (nSPS) is 14.2. The van der Waals surface area contributed by atoms with E-state index in [0.717, 1.165) is 33.9 Å². The molecule has 0 atom stereocenters. The number of hydrogen-bond acceptors (Lipinski definition) is 4. The van der Waals surface area contributed by atoms with Gasteiger partial charge in [-0.1, -0.05) is 43.9 Å². The molecule has 1 aliphatic rings. The van der Waals surface area contributed by atoms with Gasteiger partial charge in [0.05, 0.1) is 13.2 Å². The van der Waals surface area contributed by atoms with E-state index in [1.165, 1.54) is 0 Å². The molecule has 142 valence electrons. The van der Waals surface area contributed by atoms with E-state index in [2.05, 4.69) is 26.2 Å². The minimum Gasteiger partial charge on any atom is -0.493 e. The van der Waals surface area contributed by atoms with Crippen LogP contribution in [0.15, 0.2) is 18.2 Å². The van der Waals surface area contributed by atoms with Gasteiger partial charge in [0.25, 0.3) is 0 Å². The van der Waals surface area contributed by atoms with Crippen LogP contribution < -0.4 is 4.74 Å². The lowest BCUT2D eigenvalue weighted by Crippen LogP contribution is -2.23. The highest BCUT2D eigenvalue weighted by Crippen LogP contribution is 2.39. The van der Waals surface area contributed by atoms with Gasteiger partial charge in [-0.05, 0) is 37.4 Å². The molecule has 0 aliphatic carbocycles. The van der Waals surface area contributed by atoms with Gasteiger partial charge >= 0.3 is 5.97 Å². The number of benzene rings is 1. The first-order chi connectivity index (χ1) is 12.2. The molecule has 26 heavy (non-hydrogen) atoms. The third-order valence-corrected chi connectivity index (χ3v) is 6.45. The Balaban J connectivity index is 2.54. The van der Waals surface area contributed by atoms with E-state index in [1.54, 1.807) is 0 Å². The molecular weight excluding hydrogens is 344 g/mol. The second-order valence-electron chi connectivity index (χ2n) is 8.05. The van der Waals surface area contributed by atoms with Crippen LogP contribution in [-0.4, -0.2) is 32.4 Å². The van der Waals surface area contributed by atoms with Gasteiger partial charge in [0.2, 0.25) is 0 Å². The summed E-state index contributed by atoms with van der Waals surface area (Å²) in [5, 5.41) is 9.30. The number of allylic oxidation sites excluding steroid dienone is 1. The van der Waals surface area contributed by atoms with Crippen molar-refractivity contribution in [3.8, 4) is 5.75 Å². The van der Waals surface area contributed by atoms with Crippen LogP contribution >= 0.6 is 0 Å². The van der Waals surface area contributed by atoms with Crippen molar-refractivity contribution >= 4 is 20.1 Å². The van der Waals surface area contributed by atoms with Gasteiger partial charge in [0.15, 0.2) is 0 Å². The molecule has 0 unspecified atom stereocenters. The number of rotatable bonds is 8. The van der Waals surface area contributed by atoms with Gasteiger partial charge in [0, 0.05) is 19.2 Å². The lowest BCUT2D eigenvalue weighted by atomic mass is 9.90. The van der Waals surface area contributed by atoms with Crippen LogP contribution in [0.1, 0.15) is 39.5 Å². The van der Waals surface area contributed by atoms with Crippen LogP contribution in [0.4, 0.5) is 0 Å². The summed E-state index contributed by atoms with van der Waals surface area (Å²) in [6.07, 6.45) is 4.37. The van der Waals surface area contributed by atoms with E-state index in [-0.39, 0.29) is 19.2 Å². The van der Waals surface area contributed by atoms with Crippen LogP contribution in [0.25, 0.3) is 6.08 Å². The number of ether oxygens (including phenoxy) is 2. The molecule has 0 saturated heterocycles. The summed E-state index contributed by atoms with van der Waals surface area (Å²) >= 11 is 0. The van der Waals surface area contributed by atoms with Crippen molar-refractivity contribution in [3.05, 3.63) is 46.0 Å². The van der Waals surface area contributed by atoms with Crippen LogP contribution in [0, 0.1) is 6.92 Å². The first-order valence-electron chi connectivity index (χ1n) is 9.06. The van der Waals surface area contributed by atoms with Crippen molar-refractivity contribution in [2.24, 2.45) is 0 Å². The molecule has 0 bridgehead atoms. The largest absolute Gasteiger partial charge is 0.493 e. The number of aliphatic hydroxyl groups is 1. The maximum Gasteiger partial charge on any atom is 0.342 e. The Kier molecular flexibility index (Phi) is 6.47. The third kappa shape index (κ3) is 4.46. The smallest absolute Gasteiger partial charge is 0.342 e. The molecule has 0 fully saturated rings. The highest BCUT2D eigenvalue weighted by atomic mass is 28.3. The minimum absolute atomic E-state index is 0.0151.